The van der Waals surface area contributed by atoms with E-state index < -0.39 is 0 Å². The summed E-state index contributed by atoms with van der Waals surface area (Å²) in [6.45, 7) is 4.55. The van der Waals surface area contributed by atoms with E-state index in [4.69, 9.17) is 0 Å². The van der Waals surface area contributed by atoms with Crippen LogP contribution in [0.3, 0.4) is 0 Å². The molecule has 0 aliphatic carbocycles. The van der Waals surface area contributed by atoms with Gasteiger partial charge in [-0.3, -0.25) is 9.59 Å². The average molecular weight is 302 g/mol. The van der Waals surface area contributed by atoms with Crippen molar-refractivity contribution in [3.8, 4) is 0 Å². The molecule has 0 aromatic carbocycles. The molecule has 2 aliphatic rings. The number of piperazine rings is 1. The van der Waals surface area contributed by atoms with Crippen molar-refractivity contribution in [2.75, 3.05) is 31.1 Å². The number of carbonyl (C=O) groups excluding carboxylic acids is 2. The first-order chi connectivity index (χ1) is 10.6. The number of hydrogen-bond donors (Lipinski definition) is 1. The number of aryl methyl sites for hydroxylation is 1. The number of carbonyl (C=O) groups is 2. The summed E-state index contributed by atoms with van der Waals surface area (Å²) in [6, 6.07) is 3.87. The normalized spacial score (nSPS) is 18.8. The molecule has 1 aromatic heterocycles. The Balaban J connectivity index is 1.58. The number of hydrazone groups is 1. The topological polar surface area (TPSA) is 90.8 Å². The van der Waals surface area contributed by atoms with Crippen molar-refractivity contribution in [2.24, 2.45) is 5.10 Å². The van der Waals surface area contributed by atoms with Crippen molar-refractivity contribution in [1.29, 1.82) is 0 Å². The Hall–Kier alpha value is -2.51. The van der Waals surface area contributed by atoms with Crippen LogP contribution >= 0.6 is 0 Å². The molecule has 0 saturated carbocycles. The van der Waals surface area contributed by atoms with Gasteiger partial charge in [0.1, 0.15) is 5.71 Å². The number of aromatic nitrogens is 2. The first kappa shape index (κ1) is 14.4. The molecule has 2 aliphatic heterocycles. The summed E-state index contributed by atoms with van der Waals surface area (Å²) in [5.74, 6) is 0.605. The van der Waals surface area contributed by atoms with Crippen molar-refractivity contribution >= 4 is 23.3 Å². The number of anilines is 1. The van der Waals surface area contributed by atoms with Gasteiger partial charge < -0.3 is 9.80 Å². The third-order valence-corrected chi connectivity index (χ3v) is 3.83. The first-order valence-electron chi connectivity index (χ1n) is 7.33. The van der Waals surface area contributed by atoms with Crippen LogP contribution in [-0.2, 0) is 9.59 Å². The van der Waals surface area contributed by atoms with Gasteiger partial charge in [0.15, 0.2) is 5.82 Å². The summed E-state index contributed by atoms with van der Waals surface area (Å²) in [5.41, 5.74) is 3.68. The summed E-state index contributed by atoms with van der Waals surface area (Å²) in [5, 5.41) is 12.1. The molecule has 0 atom stereocenters. The molecule has 22 heavy (non-hydrogen) atoms. The second kappa shape index (κ2) is 6.08. The molecule has 3 heterocycles. The van der Waals surface area contributed by atoms with Crippen molar-refractivity contribution in [1.82, 2.24) is 20.5 Å². The molecular formula is C14H18N6O2. The predicted molar refractivity (Wildman–Crippen MR) is 80.4 cm³/mol. The fourth-order valence-electron chi connectivity index (χ4n) is 2.51. The highest BCUT2D eigenvalue weighted by molar-refractivity contribution is 6.39. The van der Waals surface area contributed by atoms with E-state index >= 15 is 0 Å². The Morgan fingerprint density at radius 1 is 1.14 bits per heavy atom. The number of amides is 2. The van der Waals surface area contributed by atoms with E-state index in [1.807, 2.05) is 19.1 Å². The zero-order valence-corrected chi connectivity index (χ0v) is 12.4. The molecular weight excluding hydrogens is 284 g/mol. The number of nitrogens with one attached hydrogen (secondary N) is 1. The first-order valence-corrected chi connectivity index (χ1v) is 7.33. The summed E-state index contributed by atoms with van der Waals surface area (Å²) < 4.78 is 0. The maximum absolute atomic E-state index is 12.3. The van der Waals surface area contributed by atoms with Gasteiger partial charge >= 0.3 is 0 Å². The van der Waals surface area contributed by atoms with Gasteiger partial charge in [-0.05, 0) is 19.1 Å². The van der Waals surface area contributed by atoms with E-state index in [1.165, 1.54) is 0 Å². The fourth-order valence-corrected chi connectivity index (χ4v) is 2.51. The third kappa shape index (κ3) is 3.05. The number of nitrogens with zero attached hydrogens (tertiary/aromatic N) is 5. The molecule has 1 N–H and O–H groups in total. The molecule has 0 spiro atoms. The Bertz CT molecular complexity index is 604. The lowest BCUT2D eigenvalue weighted by Gasteiger charge is -2.35. The summed E-state index contributed by atoms with van der Waals surface area (Å²) in [4.78, 5) is 27.3. The highest BCUT2D eigenvalue weighted by atomic mass is 16.2. The predicted octanol–water partition coefficient (Wildman–Crippen LogP) is -0.300. The third-order valence-electron chi connectivity index (χ3n) is 3.83. The molecule has 8 nitrogen and oxygen atoms in total. The monoisotopic (exact) mass is 302 g/mol. The van der Waals surface area contributed by atoms with Crippen LogP contribution in [-0.4, -0.2) is 58.8 Å². The van der Waals surface area contributed by atoms with Gasteiger partial charge in [0.2, 0.25) is 5.91 Å². The van der Waals surface area contributed by atoms with E-state index in [-0.39, 0.29) is 11.8 Å². The fraction of sp³-hybridized carbons (Fsp3) is 0.500. The van der Waals surface area contributed by atoms with Gasteiger partial charge in [-0.2, -0.15) is 10.2 Å². The standard InChI is InChI=1S/C14H18N6O2/c1-10-2-4-12(17-15-10)19-6-8-20(9-7-19)14(22)11-3-5-13(21)18-16-11/h2,4H,3,5-9H2,1H3,(H,18,21). The molecule has 1 aromatic rings. The van der Waals surface area contributed by atoms with E-state index in [0.29, 0.717) is 44.7 Å². The molecule has 0 radical (unpaired) electrons. The summed E-state index contributed by atoms with van der Waals surface area (Å²) >= 11 is 0. The van der Waals surface area contributed by atoms with Gasteiger partial charge in [0.25, 0.3) is 5.91 Å². The minimum Gasteiger partial charge on any atom is -0.352 e. The van der Waals surface area contributed by atoms with Crippen LogP contribution < -0.4 is 10.3 Å². The highest BCUT2D eigenvalue weighted by Gasteiger charge is 2.27. The maximum Gasteiger partial charge on any atom is 0.270 e. The SMILES string of the molecule is Cc1ccc(N2CCN(C(=O)C3=NNC(=O)CC3)CC2)nn1. The maximum atomic E-state index is 12.3. The molecule has 1 saturated heterocycles. The Kier molecular flexibility index (Phi) is 3.99. The van der Waals surface area contributed by atoms with Crippen LogP contribution in [0.15, 0.2) is 17.2 Å². The number of hydrogen-bond acceptors (Lipinski definition) is 6. The Morgan fingerprint density at radius 3 is 2.50 bits per heavy atom. The van der Waals surface area contributed by atoms with Crippen LogP contribution in [0.1, 0.15) is 18.5 Å². The quantitative estimate of drug-likeness (QED) is 0.810. The van der Waals surface area contributed by atoms with E-state index in [2.05, 4.69) is 25.6 Å². The van der Waals surface area contributed by atoms with Gasteiger partial charge in [-0.15, -0.1) is 5.10 Å². The second-order valence-electron chi connectivity index (χ2n) is 5.41. The average Bonchev–Trinajstić information content (AvgIpc) is 2.56. The molecule has 0 bridgehead atoms. The van der Waals surface area contributed by atoms with E-state index in [0.717, 1.165) is 11.5 Å². The molecule has 0 unspecified atom stereocenters. The minimum absolute atomic E-state index is 0.0883. The van der Waals surface area contributed by atoms with Gasteiger partial charge in [-0.25, -0.2) is 5.43 Å². The number of rotatable bonds is 2. The molecule has 1 fully saturated rings. The Morgan fingerprint density at radius 2 is 1.91 bits per heavy atom. The largest absolute Gasteiger partial charge is 0.352 e. The lowest BCUT2D eigenvalue weighted by molar-refractivity contribution is -0.124. The minimum atomic E-state index is -0.140. The van der Waals surface area contributed by atoms with E-state index in [1.54, 1.807) is 4.90 Å². The van der Waals surface area contributed by atoms with Crippen molar-refractivity contribution in [2.45, 2.75) is 19.8 Å². The lowest BCUT2D eigenvalue weighted by atomic mass is 10.1. The smallest absolute Gasteiger partial charge is 0.270 e. The van der Waals surface area contributed by atoms with Crippen molar-refractivity contribution in [3.63, 3.8) is 0 Å². The van der Waals surface area contributed by atoms with Crippen LogP contribution in [0.5, 0.6) is 0 Å². The van der Waals surface area contributed by atoms with Crippen molar-refractivity contribution < 1.29 is 9.59 Å². The molecule has 8 heteroatoms. The van der Waals surface area contributed by atoms with Crippen LogP contribution in [0, 0.1) is 6.92 Å². The second-order valence-corrected chi connectivity index (χ2v) is 5.41. The Labute approximate surface area is 128 Å². The molecule has 116 valence electrons. The lowest BCUT2D eigenvalue weighted by Crippen LogP contribution is -2.51. The zero-order chi connectivity index (χ0) is 15.5. The molecule has 3 rings (SSSR count). The van der Waals surface area contributed by atoms with Crippen molar-refractivity contribution in [3.05, 3.63) is 17.8 Å². The van der Waals surface area contributed by atoms with Gasteiger partial charge in [0.05, 0.1) is 5.69 Å². The van der Waals surface area contributed by atoms with E-state index in [9.17, 15) is 9.59 Å². The summed E-state index contributed by atoms with van der Waals surface area (Å²) in [6.07, 6.45) is 0.734. The highest BCUT2D eigenvalue weighted by Crippen LogP contribution is 2.13. The van der Waals surface area contributed by atoms with Gasteiger partial charge in [0, 0.05) is 39.0 Å². The summed E-state index contributed by atoms with van der Waals surface area (Å²) in [7, 11) is 0. The van der Waals surface area contributed by atoms with Crippen LogP contribution in [0.25, 0.3) is 0 Å². The molecule has 2 amide bonds. The zero-order valence-electron chi connectivity index (χ0n) is 12.4. The van der Waals surface area contributed by atoms with Gasteiger partial charge in [-0.1, -0.05) is 0 Å². The van der Waals surface area contributed by atoms with Crippen LogP contribution in [0.2, 0.25) is 0 Å². The van der Waals surface area contributed by atoms with Crippen LogP contribution in [0.4, 0.5) is 5.82 Å².